The minimum absolute atomic E-state index is 0.180. The molecule has 0 heterocycles. The fourth-order valence-corrected chi connectivity index (χ4v) is 3.72. The first-order valence-corrected chi connectivity index (χ1v) is 10.4. The minimum atomic E-state index is 0.180. The summed E-state index contributed by atoms with van der Waals surface area (Å²) in [5.74, 6) is 0. The van der Waals surface area contributed by atoms with Crippen molar-refractivity contribution in [2.45, 2.75) is 40.0 Å². The van der Waals surface area contributed by atoms with E-state index in [0.717, 1.165) is 53.9 Å². The van der Waals surface area contributed by atoms with Gasteiger partial charge in [0.05, 0.1) is 10.6 Å². The molecule has 2 aromatic rings. The first-order valence-electron chi connectivity index (χ1n) is 10.0. The highest BCUT2D eigenvalue weighted by atomic mass is 35.5. The zero-order valence-electron chi connectivity index (χ0n) is 17.8. The highest BCUT2D eigenvalue weighted by molar-refractivity contribution is 6.32. The minimum Gasteiger partial charge on any atom is -0.402 e. The molecule has 2 aromatic carbocycles. The predicted octanol–water partition coefficient (Wildman–Crippen LogP) is 5.55. The summed E-state index contributed by atoms with van der Waals surface area (Å²) in [4.78, 5) is 2.17. The van der Waals surface area contributed by atoms with Crippen molar-refractivity contribution in [3.8, 4) is 6.07 Å². The Morgan fingerprint density at radius 2 is 1.90 bits per heavy atom. The van der Waals surface area contributed by atoms with E-state index in [1.165, 1.54) is 0 Å². The summed E-state index contributed by atoms with van der Waals surface area (Å²) in [6.07, 6.45) is 2.56. The second kappa shape index (κ2) is 10.8. The highest BCUT2D eigenvalue weighted by Gasteiger charge is 2.16. The number of aryl methyl sites for hydroxylation is 1. The molecule has 0 radical (unpaired) electrons. The van der Waals surface area contributed by atoms with E-state index in [0.29, 0.717) is 22.0 Å². The van der Waals surface area contributed by atoms with Gasteiger partial charge in [-0.15, -0.1) is 0 Å². The third-order valence-corrected chi connectivity index (χ3v) is 5.30. The number of hydrogen-bond acceptors (Lipinski definition) is 5. The average molecular weight is 425 g/mol. The van der Waals surface area contributed by atoms with Gasteiger partial charge in [0.2, 0.25) is 0 Å². The molecular formula is C24H29ClN4O. The molecule has 0 saturated heterocycles. The number of nitriles is 1. The number of nitrogens with zero attached hydrogens (tertiary/aromatic N) is 2. The third kappa shape index (κ3) is 5.63. The number of aliphatic hydroxyl groups excluding tert-OH is 1. The molecule has 2 rings (SSSR count). The summed E-state index contributed by atoms with van der Waals surface area (Å²) in [5.41, 5.74) is 12.1. The van der Waals surface area contributed by atoms with E-state index in [1.807, 2.05) is 31.2 Å². The van der Waals surface area contributed by atoms with Crippen molar-refractivity contribution in [3.63, 3.8) is 0 Å². The van der Waals surface area contributed by atoms with Crippen molar-refractivity contribution in [2.24, 2.45) is 5.73 Å². The van der Waals surface area contributed by atoms with Crippen LogP contribution >= 0.6 is 11.6 Å². The van der Waals surface area contributed by atoms with Crippen LogP contribution in [0.1, 0.15) is 49.8 Å². The van der Waals surface area contributed by atoms with E-state index in [-0.39, 0.29) is 6.61 Å². The molecule has 0 aliphatic carbocycles. The quantitative estimate of drug-likeness (QED) is 0.363. The molecule has 0 amide bonds. The number of anilines is 2. The third-order valence-electron chi connectivity index (χ3n) is 4.98. The second-order valence-corrected chi connectivity index (χ2v) is 7.80. The van der Waals surface area contributed by atoms with Crippen LogP contribution in [-0.2, 0) is 0 Å². The number of unbranched alkanes of at least 4 members (excludes halogenated alkanes) is 2. The van der Waals surface area contributed by atoms with Crippen molar-refractivity contribution in [1.29, 1.82) is 10.7 Å². The number of allylic oxidation sites excluding steroid dienone is 2. The molecule has 0 spiro atoms. The number of rotatable bonds is 9. The lowest BCUT2D eigenvalue weighted by molar-refractivity contribution is 0.283. The molecule has 158 valence electrons. The first-order chi connectivity index (χ1) is 14.3. The van der Waals surface area contributed by atoms with E-state index in [9.17, 15) is 5.26 Å². The standard InChI is InChI=1S/C24H29ClN4O/c1-16-7-8-19(24(17(2)27)18(3)28)13-23(16)29(11-5-4-6-12-30)21-10-9-20(15-26)22(25)14-21/h7-10,13-14,27,30H,4-6,11-12,28H2,1-3H3. The fourth-order valence-electron chi connectivity index (χ4n) is 3.51. The lowest BCUT2D eigenvalue weighted by atomic mass is 9.97. The van der Waals surface area contributed by atoms with Gasteiger partial charge >= 0.3 is 0 Å². The highest BCUT2D eigenvalue weighted by Crippen LogP contribution is 2.34. The molecule has 0 bridgehead atoms. The second-order valence-electron chi connectivity index (χ2n) is 7.40. The average Bonchev–Trinajstić information content (AvgIpc) is 2.69. The monoisotopic (exact) mass is 424 g/mol. The molecule has 0 atom stereocenters. The van der Waals surface area contributed by atoms with Gasteiger partial charge in [0, 0.05) is 41.5 Å². The maximum absolute atomic E-state index is 9.20. The molecule has 0 saturated carbocycles. The Morgan fingerprint density at radius 3 is 2.47 bits per heavy atom. The van der Waals surface area contributed by atoms with E-state index < -0.39 is 0 Å². The number of nitrogens with one attached hydrogen (secondary N) is 1. The van der Waals surface area contributed by atoms with Crippen LogP contribution in [0.25, 0.3) is 5.57 Å². The fraction of sp³-hybridized carbons (Fsp3) is 0.333. The van der Waals surface area contributed by atoms with Crippen molar-refractivity contribution in [1.82, 2.24) is 0 Å². The topological polar surface area (TPSA) is 97.1 Å². The summed E-state index contributed by atoms with van der Waals surface area (Å²) in [6.45, 7) is 6.50. The van der Waals surface area contributed by atoms with Crippen LogP contribution in [0.5, 0.6) is 0 Å². The Balaban J connectivity index is 2.56. The Hall–Kier alpha value is -2.81. The van der Waals surface area contributed by atoms with Gasteiger partial charge in [0.1, 0.15) is 6.07 Å². The zero-order chi connectivity index (χ0) is 22.3. The van der Waals surface area contributed by atoms with Crippen LogP contribution in [0.4, 0.5) is 11.4 Å². The number of aliphatic hydroxyl groups is 1. The van der Waals surface area contributed by atoms with Crippen LogP contribution in [0.3, 0.4) is 0 Å². The van der Waals surface area contributed by atoms with Crippen molar-refractivity contribution >= 4 is 34.3 Å². The summed E-state index contributed by atoms with van der Waals surface area (Å²) < 4.78 is 0. The van der Waals surface area contributed by atoms with Gasteiger partial charge in [-0.3, -0.25) is 0 Å². The van der Waals surface area contributed by atoms with Crippen LogP contribution < -0.4 is 10.6 Å². The SMILES string of the molecule is CC(=N)C(=C(C)N)c1ccc(C)c(N(CCCCCO)c2ccc(C#N)c(Cl)c2)c1. The predicted molar refractivity (Wildman–Crippen MR) is 125 cm³/mol. The molecule has 4 N–H and O–H groups in total. The van der Waals surface area contributed by atoms with Gasteiger partial charge in [0.15, 0.2) is 0 Å². The number of nitrogens with two attached hydrogens (primary N) is 1. The summed E-state index contributed by atoms with van der Waals surface area (Å²) in [5, 5.41) is 26.8. The maximum atomic E-state index is 9.20. The Labute approximate surface area is 183 Å². The summed E-state index contributed by atoms with van der Waals surface area (Å²) >= 11 is 6.32. The lowest BCUT2D eigenvalue weighted by Gasteiger charge is -2.28. The summed E-state index contributed by atoms with van der Waals surface area (Å²) in [6, 6.07) is 13.6. The molecule has 0 aliphatic heterocycles. The van der Waals surface area contributed by atoms with Gasteiger partial charge in [-0.2, -0.15) is 5.26 Å². The van der Waals surface area contributed by atoms with Crippen molar-refractivity contribution in [2.75, 3.05) is 18.1 Å². The van der Waals surface area contributed by atoms with E-state index in [4.69, 9.17) is 27.9 Å². The number of benzene rings is 2. The van der Waals surface area contributed by atoms with Gasteiger partial charge in [0.25, 0.3) is 0 Å². The maximum Gasteiger partial charge on any atom is 0.101 e. The molecule has 0 aliphatic rings. The Morgan fingerprint density at radius 1 is 1.17 bits per heavy atom. The molecule has 30 heavy (non-hydrogen) atoms. The van der Waals surface area contributed by atoms with Crippen molar-refractivity contribution < 1.29 is 5.11 Å². The van der Waals surface area contributed by atoms with E-state index in [1.54, 1.807) is 19.9 Å². The first kappa shape index (κ1) is 23.5. The van der Waals surface area contributed by atoms with Gasteiger partial charge < -0.3 is 21.1 Å². The number of hydrogen-bond donors (Lipinski definition) is 3. The smallest absolute Gasteiger partial charge is 0.101 e. The molecule has 0 unspecified atom stereocenters. The van der Waals surface area contributed by atoms with Crippen LogP contribution in [0, 0.1) is 23.7 Å². The largest absolute Gasteiger partial charge is 0.402 e. The van der Waals surface area contributed by atoms with Crippen LogP contribution in [0.2, 0.25) is 5.02 Å². The van der Waals surface area contributed by atoms with Gasteiger partial charge in [-0.25, -0.2) is 0 Å². The van der Waals surface area contributed by atoms with Crippen LogP contribution in [-0.4, -0.2) is 24.0 Å². The zero-order valence-corrected chi connectivity index (χ0v) is 18.6. The van der Waals surface area contributed by atoms with E-state index >= 15 is 0 Å². The van der Waals surface area contributed by atoms with Crippen molar-refractivity contribution in [3.05, 3.63) is 63.8 Å². The van der Waals surface area contributed by atoms with E-state index in [2.05, 4.69) is 17.0 Å². The molecule has 6 heteroatoms. The molecule has 0 aromatic heterocycles. The molecule has 5 nitrogen and oxygen atoms in total. The lowest BCUT2D eigenvalue weighted by Crippen LogP contribution is -2.20. The van der Waals surface area contributed by atoms with Gasteiger partial charge in [-0.1, -0.05) is 23.7 Å². The number of halogens is 1. The normalized spacial score (nSPS) is 11.6. The van der Waals surface area contributed by atoms with Gasteiger partial charge in [-0.05, 0) is 75.4 Å². The Bertz CT molecular complexity index is 987. The molecular weight excluding hydrogens is 396 g/mol. The Kier molecular flexibility index (Phi) is 8.46. The molecule has 0 fully saturated rings. The summed E-state index contributed by atoms with van der Waals surface area (Å²) in [7, 11) is 0. The van der Waals surface area contributed by atoms with Crippen LogP contribution in [0.15, 0.2) is 42.1 Å².